The predicted molar refractivity (Wildman–Crippen MR) is 96.6 cm³/mol. The van der Waals surface area contributed by atoms with E-state index in [2.05, 4.69) is 10.0 Å². The maximum Gasteiger partial charge on any atom is 0.244 e. The maximum absolute atomic E-state index is 12.7. The van der Waals surface area contributed by atoms with Gasteiger partial charge >= 0.3 is 0 Å². The van der Waals surface area contributed by atoms with Crippen molar-refractivity contribution in [2.75, 3.05) is 40.5 Å². The zero-order chi connectivity index (χ0) is 17.6. The van der Waals surface area contributed by atoms with Crippen molar-refractivity contribution in [2.24, 2.45) is 5.41 Å². The fraction of sp³-hybridized carbons (Fsp3) is 0.562. The summed E-state index contributed by atoms with van der Waals surface area (Å²) in [6.45, 7) is 2.48. The number of nitrogens with one attached hydrogen (secondary N) is 2. The van der Waals surface area contributed by atoms with Gasteiger partial charge in [-0.1, -0.05) is 0 Å². The first-order valence-electron chi connectivity index (χ1n) is 7.74. The summed E-state index contributed by atoms with van der Waals surface area (Å²) >= 11 is 0. The second-order valence-electron chi connectivity index (χ2n) is 5.99. The van der Waals surface area contributed by atoms with E-state index < -0.39 is 10.0 Å². The normalized spacial score (nSPS) is 16.5. The van der Waals surface area contributed by atoms with Gasteiger partial charge in [-0.25, -0.2) is 13.1 Å². The molecule has 2 N–H and O–H groups in total. The number of methoxy groups -OCH3 is 2. The minimum Gasteiger partial charge on any atom is -0.495 e. The lowest BCUT2D eigenvalue weighted by molar-refractivity contribution is 0.0577. The van der Waals surface area contributed by atoms with Crippen molar-refractivity contribution in [3.63, 3.8) is 0 Å². The molecule has 9 heteroatoms. The molecule has 0 aliphatic carbocycles. The van der Waals surface area contributed by atoms with Gasteiger partial charge in [0, 0.05) is 19.1 Å². The lowest BCUT2D eigenvalue weighted by Gasteiger charge is -2.37. The van der Waals surface area contributed by atoms with Gasteiger partial charge < -0.3 is 14.8 Å². The van der Waals surface area contributed by atoms with Crippen LogP contribution in [0.1, 0.15) is 18.4 Å². The molecule has 140 valence electrons. The number of nitriles is 1. The Labute approximate surface area is 155 Å². The standard InChI is InChI=1S/C16H23N3O4S.ClH/c1-22-12-16(5-7-18-8-6-16)11-19-24(20,21)15-4-3-13(10-17)9-14(15)23-2;/h3-4,9,18-19H,5-8,11-12H2,1-2H3;1H. The fourth-order valence-corrected chi connectivity index (χ4v) is 4.23. The van der Waals surface area contributed by atoms with Crippen molar-refractivity contribution in [1.82, 2.24) is 10.0 Å². The SMILES string of the molecule is COCC1(CNS(=O)(=O)c2ccc(C#N)cc2OC)CCNCC1.Cl. The molecular weight excluding hydrogens is 366 g/mol. The van der Waals surface area contributed by atoms with Gasteiger partial charge in [-0.15, -0.1) is 12.4 Å². The molecule has 2 rings (SSSR count). The summed E-state index contributed by atoms with van der Waals surface area (Å²) in [4.78, 5) is 0.0329. The third-order valence-electron chi connectivity index (χ3n) is 4.33. The van der Waals surface area contributed by atoms with Crippen molar-refractivity contribution < 1.29 is 17.9 Å². The molecule has 25 heavy (non-hydrogen) atoms. The van der Waals surface area contributed by atoms with Crippen molar-refractivity contribution in [3.05, 3.63) is 23.8 Å². The van der Waals surface area contributed by atoms with E-state index in [0.29, 0.717) is 18.7 Å². The van der Waals surface area contributed by atoms with Crippen LogP contribution in [0, 0.1) is 16.7 Å². The number of benzene rings is 1. The Kier molecular flexibility index (Phi) is 8.12. The van der Waals surface area contributed by atoms with E-state index in [4.69, 9.17) is 14.7 Å². The number of piperidine rings is 1. The number of ether oxygens (including phenoxy) is 2. The highest BCUT2D eigenvalue weighted by atomic mass is 35.5. The average Bonchev–Trinajstić information content (AvgIpc) is 2.60. The quantitative estimate of drug-likeness (QED) is 0.728. The molecule has 1 aliphatic rings. The van der Waals surface area contributed by atoms with Gasteiger partial charge in [-0.2, -0.15) is 5.26 Å². The van der Waals surface area contributed by atoms with E-state index in [-0.39, 0.29) is 28.5 Å². The van der Waals surface area contributed by atoms with Gasteiger partial charge in [-0.3, -0.25) is 0 Å². The summed E-state index contributed by atoms with van der Waals surface area (Å²) < 4.78 is 38.5. The molecule has 0 radical (unpaired) electrons. The molecule has 7 nitrogen and oxygen atoms in total. The summed E-state index contributed by atoms with van der Waals surface area (Å²) in [6.07, 6.45) is 1.68. The van der Waals surface area contributed by atoms with E-state index in [1.807, 2.05) is 6.07 Å². The molecule has 1 fully saturated rings. The molecule has 0 saturated carbocycles. The van der Waals surface area contributed by atoms with E-state index in [1.54, 1.807) is 7.11 Å². The van der Waals surface area contributed by atoms with Crippen LogP contribution in [0.25, 0.3) is 0 Å². The average molecular weight is 390 g/mol. The van der Waals surface area contributed by atoms with Crippen LogP contribution in [-0.2, 0) is 14.8 Å². The molecular formula is C16H24ClN3O4S. The van der Waals surface area contributed by atoms with Crippen LogP contribution >= 0.6 is 12.4 Å². The second-order valence-corrected chi connectivity index (χ2v) is 7.72. The Bertz CT molecular complexity index is 707. The minimum absolute atomic E-state index is 0. The molecule has 0 spiro atoms. The fourth-order valence-electron chi connectivity index (χ4n) is 2.92. The molecule has 0 bridgehead atoms. The predicted octanol–water partition coefficient (Wildman–Crippen LogP) is 1.28. The number of hydrogen-bond acceptors (Lipinski definition) is 6. The van der Waals surface area contributed by atoms with Crippen LogP contribution in [0.5, 0.6) is 5.75 Å². The largest absolute Gasteiger partial charge is 0.495 e. The van der Waals surface area contributed by atoms with E-state index >= 15 is 0 Å². The smallest absolute Gasteiger partial charge is 0.244 e. The second kappa shape index (κ2) is 9.36. The van der Waals surface area contributed by atoms with Gasteiger partial charge in [-0.05, 0) is 44.1 Å². The monoisotopic (exact) mass is 389 g/mol. The first kappa shape index (κ1) is 21.7. The minimum atomic E-state index is -3.74. The number of nitrogens with zero attached hydrogens (tertiary/aromatic N) is 1. The molecule has 1 aromatic rings. The molecule has 0 amide bonds. The third-order valence-corrected chi connectivity index (χ3v) is 5.77. The van der Waals surface area contributed by atoms with Crippen LogP contribution in [0.4, 0.5) is 0 Å². The Morgan fingerprint density at radius 1 is 1.32 bits per heavy atom. The summed E-state index contributed by atoms with van der Waals surface area (Å²) in [7, 11) is -0.734. The van der Waals surface area contributed by atoms with Gasteiger partial charge in [0.05, 0.1) is 25.3 Å². The van der Waals surface area contributed by atoms with Crippen LogP contribution in [0.3, 0.4) is 0 Å². The highest BCUT2D eigenvalue weighted by Gasteiger charge is 2.34. The molecule has 0 unspecified atom stereocenters. The Morgan fingerprint density at radius 2 is 2.00 bits per heavy atom. The number of hydrogen-bond donors (Lipinski definition) is 2. The summed E-state index contributed by atoms with van der Waals surface area (Å²) in [5.74, 6) is 0.160. The van der Waals surface area contributed by atoms with Crippen molar-refractivity contribution in [2.45, 2.75) is 17.7 Å². The van der Waals surface area contributed by atoms with E-state index in [0.717, 1.165) is 25.9 Å². The molecule has 0 atom stereocenters. The van der Waals surface area contributed by atoms with Gasteiger partial charge in [0.1, 0.15) is 10.6 Å². The number of rotatable bonds is 7. The Hall–Kier alpha value is -1.37. The first-order valence-corrected chi connectivity index (χ1v) is 9.22. The van der Waals surface area contributed by atoms with Crippen molar-refractivity contribution >= 4 is 22.4 Å². The Balaban J connectivity index is 0.00000312. The number of halogens is 1. The first-order chi connectivity index (χ1) is 11.5. The maximum atomic E-state index is 12.7. The lowest BCUT2D eigenvalue weighted by Crippen LogP contribution is -2.47. The van der Waals surface area contributed by atoms with Gasteiger partial charge in [0.15, 0.2) is 0 Å². The van der Waals surface area contributed by atoms with Crippen molar-refractivity contribution in [3.8, 4) is 11.8 Å². The molecule has 0 aromatic heterocycles. The summed E-state index contributed by atoms with van der Waals surface area (Å²) in [5.41, 5.74) is 0.132. The Morgan fingerprint density at radius 3 is 2.56 bits per heavy atom. The lowest BCUT2D eigenvalue weighted by atomic mass is 9.80. The van der Waals surface area contributed by atoms with Gasteiger partial charge in [0.25, 0.3) is 0 Å². The van der Waals surface area contributed by atoms with Crippen LogP contribution in [0.2, 0.25) is 0 Å². The van der Waals surface area contributed by atoms with E-state index in [9.17, 15) is 8.42 Å². The molecule has 1 saturated heterocycles. The van der Waals surface area contributed by atoms with Crippen LogP contribution in [0.15, 0.2) is 23.1 Å². The molecule has 1 heterocycles. The van der Waals surface area contributed by atoms with Crippen LogP contribution in [-0.4, -0.2) is 48.9 Å². The molecule has 1 aliphatic heterocycles. The van der Waals surface area contributed by atoms with Crippen molar-refractivity contribution in [1.29, 1.82) is 5.26 Å². The summed E-state index contributed by atoms with van der Waals surface area (Å²) in [5, 5.41) is 12.2. The highest BCUT2D eigenvalue weighted by Crippen LogP contribution is 2.30. The topological polar surface area (TPSA) is 100 Å². The zero-order valence-electron chi connectivity index (χ0n) is 14.4. The summed E-state index contributed by atoms with van der Waals surface area (Å²) in [6, 6.07) is 6.25. The zero-order valence-corrected chi connectivity index (χ0v) is 16.0. The molecule has 1 aromatic carbocycles. The van der Waals surface area contributed by atoms with E-state index in [1.165, 1.54) is 25.3 Å². The highest BCUT2D eigenvalue weighted by molar-refractivity contribution is 7.89. The van der Waals surface area contributed by atoms with Gasteiger partial charge in [0.2, 0.25) is 10.0 Å². The third kappa shape index (κ3) is 5.30. The number of sulfonamides is 1. The van der Waals surface area contributed by atoms with Crippen LogP contribution < -0.4 is 14.8 Å².